The molecule has 0 radical (unpaired) electrons. The van der Waals surface area contributed by atoms with Gasteiger partial charge in [-0.3, -0.25) is 9.82 Å². The number of aromatic nitrogens is 1. The zero-order chi connectivity index (χ0) is 17.5. The van der Waals surface area contributed by atoms with Gasteiger partial charge in [-0.05, 0) is 36.3 Å². The monoisotopic (exact) mass is 366 g/mol. The number of aromatic carboxylic acids is 1. The number of aryl methyl sites for hydroxylation is 1. The number of carbonyl (C=O) groups is 1. The van der Waals surface area contributed by atoms with Gasteiger partial charge in [0.25, 0.3) is 0 Å². The molecule has 2 aromatic rings. The topological polar surface area (TPSA) is 85.4 Å². The molecule has 0 saturated heterocycles. The van der Waals surface area contributed by atoms with Crippen LogP contribution in [0.5, 0.6) is 0 Å². The number of halogens is 1. The Balaban J connectivity index is 2.21. The summed E-state index contributed by atoms with van der Waals surface area (Å²) in [5.41, 5.74) is 2.68. The van der Waals surface area contributed by atoms with Gasteiger partial charge in [0.05, 0.1) is 21.2 Å². The molecule has 5 nitrogen and oxygen atoms in total. The van der Waals surface area contributed by atoms with E-state index >= 15 is 0 Å². The summed E-state index contributed by atoms with van der Waals surface area (Å²) in [5, 5.41) is 10.3. The molecule has 0 spiro atoms. The SMILES string of the molecule is CC1(C)CCc2sc(-c3cc(Cl)cnc3CON)c(C(=O)O)c2C1. The van der Waals surface area contributed by atoms with Crippen LogP contribution >= 0.6 is 22.9 Å². The third-order valence-electron chi connectivity index (χ3n) is 4.39. The summed E-state index contributed by atoms with van der Waals surface area (Å²) in [6, 6.07) is 1.73. The maximum Gasteiger partial charge on any atom is 0.337 e. The van der Waals surface area contributed by atoms with E-state index in [1.807, 2.05) is 0 Å². The molecule has 1 aliphatic carbocycles. The van der Waals surface area contributed by atoms with Crippen molar-refractivity contribution >= 4 is 28.9 Å². The van der Waals surface area contributed by atoms with Crippen LogP contribution in [0.2, 0.25) is 5.02 Å². The second kappa shape index (κ2) is 6.44. The molecule has 0 bridgehead atoms. The highest BCUT2D eigenvalue weighted by atomic mass is 35.5. The first-order chi connectivity index (χ1) is 11.3. The van der Waals surface area contributed by atoms with Gasteiger partial charge in [-0.2, -0.15) is 0 Å². The van der Waals surface area contributed by atoms with Gasteiger partial charge < -0.3 is 5.11 Å². The fourth-order valence-corrected chi connectivity index (χ4v) is 4.70. The van der Waals surface area contributed by atoms with Crippen molar-refractivity contribution in [1.82, 2.24) is 4.98 Å². The minimum absolute atomic E-state index is 0.0968. The van der Waals surface area contributed by atoms with Gasteiger partial charge in [0, 0.05) is 16.6 Å². The maximum absolute atomic E-state index is 12.0. The Bertz CT molecular complexity index is 801. The number of fused-ring (bicyclic) bond motifs is 1. The van der Waals surface area contributed by atoms with Crippen LogP contribution in [0, 0.1) is 5.41 Å². The lowest BCUT2D eigenvalue weighted by Gasteiger charge is -2.29. The summed E-state index contributed by atoms with van der Waals surface area (Å²) in [7, 11) is 0. The molecule has 128 valence electrons. The first-order valence-electron chi connectivity index (χ1n) is 7.66. The highest BCUT2D eigenvalue weighted by Gasteiger charge is 2.33. The molecule has 0 unspecified atom stereocenters. The average molecular weight is 367 g/mol. The summed E-state index contributed by atoms with van der Waals surface area (Å²) in [5.74, 6) is 4.27. The minimum atomic E-state index is -0.917. The van der Waals surface area contributed by atoms with Crippen LogP contribution in [0.1, 0.15) is 46.8 Å². The van der Waals surface area contributed by atoms with Crippen molar-refractivity contribution in [1.29, 1.82) is 0 Å². The van der Waals surface area contributed by atoms with Crippen molar-refractivity contribution in [3.8, 4) is 10.4 Å². The van der Waals surface area contributed by atoms with Crippen molar-refractivity contribution in [2.45, 2.75) is 39.7 Å². The highest BCUT2D eigenvalue weighted by Crippen LogP contribution is 2.45. The number of carboxylic acids is 1. The smallest absolute Gasteiger partial charge is 0.337 e. The molecule has 0 fully saturated rings. The normalized spacial score (nSPS) is 16.0. The molecule has 0 amide bonds. The quantitative estimate of drug-likeness (QED) is 0.797. The van der Waals surface area contributed by atoms with Crippen LogP contribution in [0.15, 0.2) is 12.3 Å². The first-order valence-corrected chi connectivity index (χ1v) is 8.86. The molecule has 2 heterocycles. The number of nitrogens with zero attached hydrogens (tertiary/aromatic N) is 1. The van der Waals surface area contributed by atoms with E-state index in [0.29, 0.717) is 26.7 Å². The van der Waals surface area contributed by atoms with E-state index in [1.165, 1.54) is 17.5 Å². The van der Waals surface area contributed by atoms with Crippen LogP contribution in [-0.2, 0) is 24.3 Å². The largest absolute Gasteiger partial charge is 0.478 e. The third-order valence-corrected chi connectivity index (χ3v) is 5.92. The highest BCUT2D eigenvalue weighted by molar-refractivity contribution is 7.16. The lowest BCUT2D eigenvalue weighted by Crippen LogP contribution is -2.22. The van der Waals surface area contributed by atoms with E-state index in [2.05, 4.69) is 18.8 Å². The number of pyridine rings is 1. The van der Waals surface area contributed by atoms with E-state index in [0.717, 1.165) is 29.7 Å². The molecular weight excluding hydrogens is 348 g/mol. The molecule has 0 aromatic carbocycles. The first kappa shape index (κ1) is 17.4. The van der Waals surface area contributed by atoms with E-state index in [-0.39, 0.29) is 12.0 Å². The number of thiophene rings is 1. The van der Waals surface area contributed by atoms with Crippen molar-refractivity contribution in [2.75, 3.05) is 0 Å². The van der Waals surface area contributed by atoms with Crippen molar-refractivity contribution in [2.24, 2.45) is 11.3 Å². The number of hydrogen-bond donors (Lipinski definition) is 2. The summed E-state index contributed by atoms with van der Waals surface area (Å²) in [6.07, 6.45) is 4.21. The molecule has 2 aromatic heterocycles. The second-order valence-corrected chi connectivity index (χ2v) is 8.35. The minimum Gasteiger partial charge on any atom is -0.478 e. The van der Waals surface area contributed by atoms with Crippen LogP contribution in [0.4, 0.5) is 0 Å². The van der Waals surface area contributed by atoms with E-state index in [9.17, 15) is 9.90 Å². The van der Waals surface area contributed by atoms with Gasteiger partial charge in [0.2, 0.25) is 0 Å². The molecule has 1 aliphatic rings. The fourth-order valence-electron chi connectivity index (χ4n) is 3.19. The molecule has 7 heteroatoms. The molecule has 0 atom stereocenters. The van der Waals surface area contributed by atoms with Crippen LogP contribution in [0.25, 0.3) is 10.4 Å². The van der Waals surface area contributed by atoms with Gasteiger partial charge in [0.15, 0.2) is 0 Å². The number of rotatable bonds is 4. The molecule has 24 heavy (non-hydrogen) atoms. The molecule has 3 N–H and O–H groups in total. The Labute approximate surface area is 149 Å². The summed E-state index contributed by atoms with van der Waals surface area (Å²) >= 11 is 7.61. The molecule has 0 saturated carbocycles. The lowest BCUT2D eigenvalue weighted by molar-refractivity contribution is 0.0696. The predicted molar refractivity (Wildman–Crippen MR) is 94.3 cm³/mol. The van der Waals surface area contributed by atoms with Crippen LogP contribution in [-0.4, -0.2) is 16.1 Å². The number of nitrogens with two attached hydrogens (primary N) is 1. The van der Waals surface area contributed by atoms with Crippen molar-refractivity contribution in [3.05, 3.63) is 39.0 Å². The summed E-state index contributed by atoms with van der Waals surface area (Å²) < 4.78 is 0. The zero-order valence-electron chi connectivity index (χ0n) is 13.6. The third kappa shape index (κ3) is 3.19. The number of carboxylic acid groups (broad SMARTS) is 1. The van der Waals surface area contributed by atoms with Gasteiger partial charge >= 0.3 is 5.97 Å². The Morgan fingerprint density at radius 2 is 2.29 bits per heavy atom. The van der Waals surface area contributed by atoms with E-state index in [4.69, 9.17) is 22.3 Å². The van der Waals surface area contributed by atoms with E-state index in [1.54, 1.807) is 6.07 Å². The molecular formula is C17H19ClN2O3S. The Morgan fingerprint density at radius 1 is 1.54 bits per heavy atom. The second-order valence-electron chi connectivity index (χ2n) is 6.81. The average Bonchev–Trinajstić information content (AvgIpc) is 2.86. The van der Waals surface area contributed by atoms with Gasteiger partial charge in [-0.1, -0.05) is 25.4 Å². The van der Waals surface area contributed by atoms with Crippen LogP contribution < -0.4 is 5.90 Å². The molecule has 3 rings (SSSR count). The summed E-state index contributed by atoms with van der Waals surface area (Å²) in [4.78, 5) is 22.8. The van der Waals surface area contributed by atoms with Gasteiger partial charge in [-0.15, -0.1) is 11.3 Å². The maximum atomic E-state index is 12.0. The van der Waals surface area contributed by atoms with Gasteiger partial charge in [-0.25, -0.2) is 10.7 Å². The van der Waals surface area contributed by atoms with E-state index < -0.39 is 5.97 Å². The number of hydrogen-bond acceptors (Lipinski definition) is 5. The Hall–Kier alpha value is -1.47. The Morgan fingerprint density at radius 3 is 2.96 bits per heavy atom. The van der Waals surface area contributed by atoms with Crippen molar-refractivity contribution < 1.29 is 14.7 Å². The fraction of sp³-hybridized carbons (Fsp3) is 0.412. The zero-order valence-corrected chi connectivity index (χ0v) is 15.1. The Kier molecular flexibility index (Phi) is 4.66. The van der Waals surface area contributed by atoms with Crippen LogP contribution in [0.3, 0.4) is 0 Å². The summed E-state index contributed by atoms with van der Waals surface area (Å²) in [6.45, 7) is 4.45. The van der Waals surface area contributed by atoms with Gasteiger partial charge in [0.1, 0.15) is 6.61 Å². The molecule has 0 aliphatic heterocycles. The lowest BCUT2D eigenvalue weighted by atomic mass is 9.76. The standard InChI is InChI=1S/C17H19ClN2O3S/c1-17(2)4-3-13-11(6-17)14(16(21)22)15(24-13)10-5-9(18)7-20-12(10)8-23-19/h5,7H,3-4,6,8,19H2,1-2H3,(H,21,22). The van der Waals surface area contributed by atoms with Crippen molar-refractivity contribution in [3.63, 3.8) is 0 Å². The predicted octanol–water partition coefficient (Wildman–Crippen LogP) is 4.07.